The zero-order valence-corrected chi connectivity index (χ0v) is 20.1. The molecule has 0 aliphatic heterocycles. The van der Waals surface area contributed by atoms with E-state index in [4.69, 9.17) is 4.74 Å². The summed E-state index contributed by atoms with van der Waals surface area (Å²) in [5.41, 5.74) is 0.987. The van der Waals surface area contributed by atoms with E-state index >= 15 is 0 Å². The van der Waals surface area contributed by atoms with Gasteiger partial charge in [-0.2, -0.15) is 0 Å². The van der Waals surface area contributed by atoms with Gasteiger partial charge in [-0.15, -0.1) is 0 Å². The number of ether oxygens (including phenoxy) is 1. The van der Waals surface area contributed by atoms with Crippen LogP contribution in [0.15, 0.2) is 78.9 Å². The fraction of sp³-hybridized carbons (Fsp3) is 0.286. The predicted octanol–water partition coefficient (Wildman–Crippen LogP) is 4.90. The number of carbonyl (C=O) groups excluding carboxylic acids is 2. The van der Waals surface area contributed by atoms with Crippen LogP contribution in [0.4, 0.5) is 8.78 Å². The van der Waals surface area contributed by atoms with Crippen LogP contribution in [0.3, 0.4) is 0 Å². The van der Waals surface area contributed by atoms with Crippen LogP contribution in [0.25, 0.3) is 0 Å². The fourth-order valence-corrected chi connectivity index (χ4v) is 3.58. The lowest BCUT2D eigenvalue weighted by Crippen LogP contribution is -2.55. The number of amides is 2. The second-order valence-electron chi connectivity index (χ2n) is 9.31. The van der Waals surface area contributed by atoms with Crippen molar-refractivity contribution in [3.05, 3.63) is 102 Å². The van der Waals surface area contributed by atoms with Crippen LogP contribution >= 0.6 is 0 Å². The third-order valence-electron chi connectivity index (χ3n) is 5.22. The van der Waals surface area contributed by atoms with Crippen molar-refractivity contribution in [2.75, 3.05) is 6.61 Å². The monoisotopic (exact) mass is 480 g/mol. The minimum Gasteiger partial charge on any atom is -0.481 e. The molecule has 0 heterocycles. The topological polar surface area (TPSA) is 58.6 Å². The molecular weight excluding hydrogens is 450 g/mol. The second-order valence-corrected chi connectivity index (χ2v) is 9.31. The number of para-hydroxylation sites is 1. The standard InChI is InChI=1S/C28H30F2N2O3/c1-28(2,3)31-27(34)24(17-20-9-5-4-6-10-20)32(18-21-13-15-22(29)16-14-21)26(33)19-35-25-12-8-7-11-23(25)30/h4-16,24H,17-19H2,1-3H3,(H,31,34)/t24-/m1/s1. The molecule has 1 N–H and O–H groups in total. The van der Waals surface area contributed by atoms with Gasteiger partial charge >= 0.3 is 0 Å². The van der Waals surface area contributed by atoms with E-state index in [2.05, 4.69) is 5.32 Å². The molecule has 0 fully saturated rings. The van der Waals surface area contributed by atoms with Gasteiger partial charge in [-0.05, 0) is 56.2 Å². The molecule has 0 aliphatic rings. The molecule has 184 valence electrons. The largest absolute Gasteiger partial charge is 0.481 e. The molecule has 3 aromatic rings. The van der Waals surface area contributed by atoms with Crippen molar-refractivity contribution in [3.63, 3.8) is 0 Å². The second kappa shape index (κ2) is 11.6. The molecule has 0 unspecified atom stereocenters. The van der Waals surface area contributed by atoms with Crippen molar-refractivity contribution in [2.24, 2.45) is 0 Å². The molecular formula is C28H30F2N2O3. The maximum Gasteiger partial charge on any atom is 0.261 e. The first-order valence-corrected chi connectivity index (χ1v) is 11.4. The number of hydrogen-bond donors (Lipinski definition) is 1. The van der Waals surface area contributed by atoms with Crippen molar-refractivity contribution in [3.8, 4) is 5.75 Å². The SMILES string of the molecule is CC(C)(C)NC(=O)[C@@H](Cc1ccccc1)N(Cc1ccc(F)cc1)C(=O)COc1ccccc1F. The molecule has 7 heteroatoms. The normalized spacial score (nSPS) is 12.0. The summed E-state index contributed by atoms with van der Waals surface area (Å²) in [4.78, 5) is 28.2. The zero-order valence-electron chi connectivity index (χ0n) is 20.1. The van der Waals surface area contributed by atoms with Crippen LogP contribution in [0.1, 0.15) is 31.9 Å². The van der Waals surface area contributed by atoms with E-state index in [0.29, 0.717) is 5.56 Å². The Labute approximate surface area is 204 Å². The first-order valence-electron chi connectivity index (χ1n) is 11.4. The number of hydrogen-bond acceptors (Lipinski definition) is 3. The molecule has 0 radical (unpaired) electrons. The van der Waals surface area contributed by atoms with Crippen LogP contribution in [0.5, 0.6) is 5.75 Å². The van der Waals surface area contributed by atoms with Gasteiger partial charge in [-0.1, -0.05) is 54.6 Å². The highest BCUT2D eigenvalue weighted by Gasteiger charge is 2.32. The molecule has 3 aromatic carbocycles. The number of carbonyl (C=O) groups is 2. The van der Waals surface area contributed by atoms with E-state index in [0.717, 1.165) is 5.56 Å². The molecule has 0 aliphatic carbocycles. The molecule has 1 atom stereocenters. The van der Waals surface area contributed by atoms with Gasteiger partial charge in [0.1, 0.15) is 11.9 Å². The number of benzene rings is 3. The lowest BCUT2D eigenvalue weighted by Gasteiger charge is -2.33. The number of rotatable bonds is 9. The molecule has 0 bridgehead atoms. The summed E-state index contributed by atoms with van der Waals surface area (Å²) < 4.78 is 33.0. The molecule has 5 nitrogen and oxygen atoms in total. The van der Waals surface area contributed by atoms with E-state index in [9.17, 15) is 18.4 Å². The predicted molar refractivity (Wildman–Crippen MR) is 131 cm³/mol. The van der Waals surface area contributed by atoms with Gasteiger partial charge in [0.05, 0.1) is 0 Å². The highest BCUT2D eigenvalue weighted by molar-refractivity contribution is 5.89. The summed E-state index contributed by atoms with van der Waals surface area (Å²) in [6, 6.07) is 20.0. The summed E-state index contributed by atoms with van der Waals surface area (Å²) in [6.45, 7) is 5.17. The molecule has 0 aromatic heterocycles. The highest BCUT2D eigenvalue weighted by atomic mass is 19.1. The quantitative estimate of drug-likeness (QED) is 0.474. The first-order chi connectivity index (χ1) is 16.6. The van der Waals surface area contributed by atoms with Gasteiger partial charge in [0, 0.05) is 18.5 Å². The van der Waals surface area contributed by atoms with Gasteiger partial charge in [0.2, 0.25) is 5.91 Å². The van der Waals surface area contributed by atoms with Crippen LogP contribution < -0.4 is 10.1 Å². The van der Waals surface area contributed by atoms with Crippen LogP contribution in [-0.4, -0.2) is 34.9 Å². The van der Waals surface area contributed by atoms with Crippen LogP contribution in [0.2, 0.25) is 0 Å². The molecule has 35 heavy (non-hydrogen) atoms. The van der Waals surface area contributed by atoms with E-state index < -0.39 is 35.7 Å². The molecule has 0 saturated carbocycles. The van der Waals surface area contributed by atoms with Crippen molar-refractivity contribution in [2.45, 2.75) is 45.3 Å². The molecule has 0 saturated heterocycles. The highest BCUT2D eigenvalue weighted by Crippen LogP contribution is 2.19. The van der Waals surface area contributed by atoms with Crippen LogP contribution in [-0.2, 0) is 22.6 Å². The van der Waals surface area contributed by atoms with Crippen molar-refractivity contribution in [1.82, 2.24) is 10.2 Å². The molecule has 2 amide bonds. The minimum absolute atomic E-state index is 0.0504. The van der Waals surface area contributed by atoms with E-state index in [1.54, 1.807) is 18.2 Å². The zero-order chi connectivity index (χ0) is 25.4. The maximum absolute atomic E-state index is 14.0. The van der Waals surface area contributed by atoms with Gasteiger partial charge in [0.25, 0.3) is 5.91 Å². The van der Waals surface area contributed by atoms with Crippen molar-refractivity contribution >= 4 is 11.8 Å². The molecule has 0 spiro atoms. The van der Waals surface area contributed by atoms with Gasteiger partial charge in [-0.25, -0.2) is 8.78 Å². The Morgan fingerprint density at radius 2 is 1.51 bits per heavy atom. The number of nitrogens with zero attached hydrogens (tertiary/aromatic N) is 1. The summed E-state index contributed by atoms with van der Waals surface area (Å²) >= 11 is 0. The third kappa shape index (κ3) is 7.91. The van der Waals surface area contributed by atoms with Crippen molar-refractivity contribution in [1.29, 1.82) is 0 Å². The maximum atomic E-state index is 14.0. The lowest BCUT2D eigenvalue weighted by molar-refractivity contribution is -0.143. The average molecular weight is 481 g/mol. The van der Waals surface area contributed by atoms with Crippen LogP contribution in [0, 0.1) is 11.6 Å². The number of halogens is 2. The third-order valence-corrected chi connectivity index (χ3v) is 5.22. The Morgan fingerprint density at radius 1 is 0.886 bits per heavy atom. The fourth-order valence-electron chi connectivity index (χ4n) is 3.58. The summed E-state index contributed by atoms with van der Waals surface area (Å²) in [6.07, 6.45) is 0.259. The van der Waals surface area contributed by atoms with Gasteiger partial charge in [0.15, 0.2) is 18.2 Å². The first kappa shape index (κ1) is 25.9. The van der Waals surface area contributed by atoms with E-state index in [1.807, 2.05) is 51.1 Å². The van der Waals surface area contributed by atoms with Gasteiger partial charge in [-0.3, -0.25) is 9.59 Å². The van der Waals surface area contributed by atoms with E-state index in [-0.39, 0.29) is 24.6 Å². The summed E-state index contributed by atoms with van der Waals surface area (Å²) in [5.74, 6) is -1.87. The number of nitrogens with one attached hydrogen (secondary N) is 1. The Morgan fingerprint density at radius 3 is 2.14 bits per heavy atom. The Hall–Kier alpha value is -3.74. The Balaban J connectivity index is 1.93. The van der Waals surface area contributed by atoms with Gasteiger partial charge < -0.3 is 15.0 Å². The summed E-state index contributed by atoms with van der Waals surface area (Å²) in [5, 5.41) is 2.96. The Bertz CT molecular complexity index is 1130. The minimum atomic E-state index is -0.876. The molecule has 3 rings (SSSR count). The summed E-state index contributed by atoms with van der Waals surface area (Å²) in [7, 11) is 0. The van der Waals surface area contributed by atoms with E-state index in [1.165, 1.54) is 35.2 Å². The smallest absolute Gasteiger partial charge is 0.261 e. The lowest BCUT2D eigenvalue weighted by atomic mass is 10.0. The van der Waals surface area contributed by atoms with Crippen molar-refractivity contribution < 1.29 is 23.1 Å². The Kier molecular flexibility index (Phi) is 8.58. The average Bonchev–Trinajstić information content (AvgIpc) is 2.81.